The Kier molecular flexibility index (Phi) is 6.77. The summed E-state index contributed by atoms with van der Waals surface area (Å²) in [5.41, 5.74) is 0.603. The van der Waals surface area contributed by atoms with Crippen molar-refractivity contribution in [1.82, 2.24) is 9.21 Å². The minimum atomic E-state index is -3.45. The quantitative estimate of drug-likeness (QED) is 0.746. The number of para-hydroxylation sites is 1. The number of hydrogen-bond acceptors (Lipinski definition) is 5. The van der Waals surface area contributed by atoms with Crippen molar-refractivity contribution in [2.24, 2.45) is 0 Å². The minimum Gasteiger partial charge on any atom is -0.325 e. The number of thiophene rings is 1. The van der Waals surface area contributed by atoms with Crippen molar-refractivity contribution in [2.75, 3.05) is 38.0 Å². The summed E-state index contributed by atoms with van der Waals surface area (Å²) in [4.78, 5) is 16.5. The van der Waals surface area contributed by atoms with Crippen molar-refractivity contribution >= 4 is 44.6 Å². The van der Waals surface area contributed by atoms with E-state index in [2.05, 4.69) is 10.2 Å². The lowest BCUT2D eigenvalue weighted by atomic mass is 10.3. The number of amides is 1. The van der Waals surface area contributed by atoms with Crippen molar-refractivity contribution < 1.29 is 13.2 Å². The number of rotatable bonds is 6. The van der Waals surface area contributed by atoms with Gasteiger partial charge >= 0.3 is 0 Å². The number of halogens is 1. The Balaban J connectivity index is 1.50. The Morgan fingerprint density at radius 2 is 1.86 bits per heavy atom. The predicted molar refractivity (Wildman–Crippen MR) is 114 cm³/mol. The maximum Gasteiger partial charge on any atom is 0.244 e. The van der Waals surface area contributed by atoms with Gasteiger partial charge in [0.05, 0.1) is 15.6 Å². The fraction of sp³-hybridized carbons (Fsp3) is 0.421. The molecule has 1 fully saturated rings. The number of piperazine rings is 1. The molecule has 0 saturated carbocycles. The maximum atomic E-state index is 12.9. The van der Waals surface area contributed by atoms with Crippen LogP contribution >= 0.6 is 22.9 Å². The number of nitrogens with one attached hydrogen (secondary N) is 1. The third-order valence-electron chi connectivity index (χ3n) is 4.75. The molecular weight excluding hydrogens is 418 g/mol. The Labute approximate surface area is 175 Å². The molecule has 1 N–H and O–H groups in total. The number of sulfonamides is 1. The SMILES string of the molecule is Cc1cc(S(=O)(=O)N2CCN(CCC(=O)Nc3ccccc3Cl)CC2)c(C)s1. The molecule has 9 heteroatoms. The van der Waals surface area contributed by atoms with E-state index in [0.717, 1.165) is 9.75 Å². The molecule has 1 aliphatic heterocycles. The fourth-order valence-corrected chi connectivity index (χ4v) is 6.36. The summed E-state index contributed by atoms with van der Waals surface area (Å²) >= 11 is 7.56. The zero-order chi connectivity index (χ0) is 20.3. The van der Waals surface area contributed by atoms with Crippen LogP contribution in [0.3, 0.4) is 0 Å². The van der Waals surface area contributed by atoms with Crippen LogP contribution in [0.25, 0.3) is 0 Å². The van der Waals surface area contributed by atoms with Gasteiger partial charge in [-0.1, -0.05) is 23.7 Å². The van der Waals surface area contributed by atoms with Gasteiger partial charge in [0.1, 0.15) is 0 Å². The first-order valence-corrected chi connectivity index (χ1v) is 11.7. The average molecular weight is 442 g/mol. The summed E-state index contributed by atoms with van der Waals surface area (Å²) in [6, 6.07) is 8.87. The topological polar surface area (TPSA) is 69.7 Å². The molecule has 2 heterocycles. The van der Waals surface area contributed by atoms with Crippen LogP contribution in [-0.2, 0) is 14.8 Å². The molecule has 1 aromatic carbocycles. The molecular formula is C19H24ClN3O3S2. The van der Waals surface area contributed by atoms with Crippen molar-refractivity contribution in [1.29, 1.82) is 0 Å². The van der Waals surface area contributed by atoms with E-state index in [-0.39, 0.29) is 5.91 Å². The van der Waals surface area contributed by atoms with Crippen molar-refractivity contribution in [2.45, 2.75) is 25.2 Å². The molecule has 1 aromatic heterocycles. The molecule has 0 unspecified atom stereocenters. The molecule has 28 heavy (non-hydrogen) atoms. The van der Waals surface area contributed by atoms with Crippen LogP contribution < -0.4 is 5.32 Å². The third-order valence-corrected chi connectivity index (χ3v) is 8.20. The van der Waals surface area contributed by atoms with Gasteiger partial charge in [0.25, 0.3) is 0 Å². The Bertz CT molecular complexity index is 951. The van der Waals surface area contributed by atoms with Gasteiger partial charge < -0.3 is 10.2 Å². The molecule has 0 bridgehead atoms. The third kappa shape index (κ3) is 4.93. The highest BCUT2D eigenvalue weighted by atomic mass is 35.5. The van der Waals surface area contributed by atoms with Gasteiger partial charge in [0, 0.05) is 48.9 Å². The van der Waals surface area contributed by atoms with Gasteiger partial charge in [-0.05, 0) is 32.0 Å². The van der Waals surface area contributed by atoms with Gasteiger partial charge in [-0.15, -0.1) is 11.3 Å². The summed E-state index contributed by atoms with van der Waals surface area (Å²) in [6.07, 6.45) is 0.334. The largest absolute Gasteiger partial charge is 0.325 e. The second kappa shape index (κ2) is 8.92. The van der Waals surface area contributed by atoms with E-state index < -0.39 is 10.0 Å². The average Bonchev–Trinajstić information content (AvgIpc) is 3.01. The molecule has 0 radical (unpaired) electrons. The molecule has 0 spiro atoms. The Morgan fingerprint density at radius 3 is 2.46 bits per heavy atom. The molecule has 1 aliphatic rings. The molecule has 0 atom stereocenters. The van der Waals surface area contributed by atoms with Gasteiger partial charge in [0.2, 0.25) is 15.9 Å². The van der Waals surface area contributed by atoms with E-state index in [9.17, 15) is 13.2 Å². The van der Waals surface area contributed by atoms with E-state index in [0.29, 0.717) is 54.8 Å². The Hall–Kier alpha value is -1.45. The number of anilines is 1. The maximum absolute atomic E-state index is 12.9. The van der Waals surface area contributed by atoms with Crippen LogP contribution in [0.15, 0.2) is 35.2 Å². The highest BCUT2D eigenvalue weighted by Crippen LogP contribution is 2.28. The smallest absolute Gasteiger partial charge is 0.244 e. The monoisotopic (exact) mass is 441 g/mol. The van der Waals surface area contributed by atoms with E-state index >= 15 is 0 Å². The number of nitrogens with zero attached hydrogens (tertiary/aromatic N) is 2. The van der Waals surface area contributed by atoms with Gasteiger partial charge in [-0.25, -0.2) is 8.42 Å². The number of hydrogen-bond donors (Lipinski definition) is 1. The predicted octanol–water partition coefficient (Wildman–Crippen LogP) is 3.35. The Morgan fingerprint density at radius 1 is 1.18 bits per heavy atom. The number of benzene rings is 1. The lowest BCUT2D eigenvalue weighted by Crippen LogP contribution is -2.49. The molecule has 1 amide bonds. The summed E-state index contributed by atoms with van der Waals surface area (Å²) in [5, 5.41) is 3.32. The van der Waals surface area contributed by atoms with Gasteiger partial charge in [-0.3, -0.25) is 4.79 Å². The highest BCUT2D eigenvalue weighted by molar-refractivity contribution is 7.89. The second-order valence-electron chi connectivity index (χ2n) is 6.80. The van der Waals surface area contributed by atoms with Crippen LogP contribution in [0.2, 0.25) is 5.02 Å². The van der Waals surface area contributed by atoms with Crippen molar-refractivity contribution in [3.63, 3.8) is 0 Å². The van der Waals surface area contributed by atoms with Crippen molar-refractivity contribution in [3.8, 4) is 0 Å². The normalized spacial score (nSPS) is 16.2. The second-order valence-corrected chi connectivity index (χ2v) is 10.6. The van der Waals surface area contributed by atoms with Crippen LogP contribution in [-0.4, -0.2) is 56.3 Å². The van der Waals surface area contributed by atoms with E-state index in [1.54, 1.807) is 22.5 Å². The van der Waals surface area contributed by atoms with Gasteiger partial charge in [0.15, 0.2) is 0 Å². The van der Waals surface area contributed by atoms with Crippen LogP contribution in [0.1, 0.15) is 16.2 Å². The molecule has 1 saturated heterocycles. The summed E-state index contributed by atoms with van der Waals surface area (Å²) in [5.74, 6) is -0.104. The van der Waals surface area contributed by atoms with E-state index in [1.807, 2.05) is 26.0 Å². The highest BCUT2D eigenvalue weighted by Gasteiger charge is 2.30. The minimum absolute atomic E-state index is 0.104. The van der Waals surface area contributed by atoms with Crippen LogP contribution in [0, 0.1) is 13.8 Å². The number of aryl methyl sites for hydroxylation is 2. The van der Waals surface area contributed by atoms with E-state index in [1.165, 1.54) is 11.3 Å². The van der Waals surface area contributed by atoms with Crippen LogP contribution in [0.4, 0.5) is 5.69 Å². The summed E-state index contributed by atoms with van der Waals surface area (Å²) in [7, 11) is -3.45. The molecule has 2 aromatic rings. The lowest BCUT2D eigenvalue weighted by molar-refractivity contribution is -0.116. The number of carbonyl (C=O) groups excluding carboxylic acids is 1. The first-order chi connectivity index (χ1) is 13.3. The number of carbonyl (C=O) groups is 1. The molecule has 3 rings (SSSR count). The molecule has 0 aliphatic carbocycles. The van der Waals surface area contributed by atoms with Crippen molar-refractivity contribution in [3.05, 3.63) is 45.1 Å². The first kappa shape index (κ1) is 21.3. The summed E-state index contributed by atoms with van der Waals surface area (Å²) < 4.78 is 27.3. The zero-order valence-electron chi connectivity index (χ0n) is 15.9. The van der Waals surface area contributed by atoms with Crippen LogP contribution in [0.5, 0.6) is 0 Å². The lowest BCUT2D eigenvalue weighted by Gasteiger charge is -2.33. The zero-order valence-corrected chi connectivity index (χ0v) is 18.3. The summed E-state index contributed by atoms with van der Waals surface area (Å²) in [6.45, 7) is 6.44. The first-order valence-electron chi connectivity index (χ1n) is 9.11. The van der Waals surface area contributed by atoms with E-state index in [4.69, 9.17) is 11.6 Å². The van der Waals surface area contributed by atoms with Gasteiger partial charge in [-0.2, -0.15) is 4.31 Å². The fourth-order valence-electron chi connectivity index (χ4n) is 3.23. The standard InChI is InChI=1S/C19H24ClN3O3S2/c1-14-13-18(15(2)27-14)28(25,26)23-11-9-22(10-12-23)8-7-19(24)21-17-6-4-3-5-16(17)20/h3-6,13H,7-12H2,1-2H3,(H,21,24). The molecule has 6 nitrogen and oxygen atoms in total. The molecule has 152 valence electrons.